The second-order valence-electron chi connectivity index (χ2n) is 6.21. The molecule has 0 radical (unpaired) electrons. The molecule has 108 valence electrons. The summed E-state index contributed by atoms with van der Waals surface area (Å²) in [5, 5.41) is 3.61. The number of piperidine rings is 1. The molecule has 2 unspecified atom stereocenters. The van der Waals surface area contributed by atoms with Crippen LogP contribution in [0, 0.1) is 11.8 Å². The van der Waals surface area contributed by atoms with E-state index < -0.39 is 0 Å². The maximum atomic E-state index is 3.61. The van der Waals surface area contributed by atoms with Gasteiger partial charge in [0.1, 0.15) is 0 Å². The monoisotopic (exact) mass is 253 g/mol. The Balaban J connectivity index is 2.25. The zero-order valence-corrected chi connectivity index (χ0v) is 12.8. The van der Waals surface area contributed by atoms with Crippen molar-refractivity contribution in [1.29, 1.82) is 0 Å². The SMILES string of the molecule is CCCCCCC(CCCCC)C1CCCNC1. The predicted octanol–water partition coefficient (Wildman–Crippen LogP) is 5.15. The smallest absolute Gasteiger partial charge is 0.00179 e. The minimum absolute atomic E-state index is 0.984. The standard InChI is InChI=1S/C17H35N/c1-3-5-7-9-12-16(11-8-6-4-2)17-13-10-14-18-15-17/h16-18H,3-15H2,1-2H3. The van der Waals surface area contributed by atoms with E-state index in [0.29, 0.717) is 0 Å². The largest absolute Gasteiger partial charge is 0.316 e. The lowest BCUT2D eigenvalue weighted by Gasteiger charge is -2.31. The van der Waals surface area contributed by atoms with Gasteiger partial charge in [0.2, 0.25) is 0 Å². The summed E-state index contributed by atoms with van der Waals surface area (Å²) >= 11 is 0. The lowest BCUT2D eigenvalue weighted by atomic mass is 9.80. The van der Waals surface area contributed by atoms with Crippen LogP contribution in [-0.4, -0.2) is 13.1 Å². The summed E-state index contributed by atoms with van der Waals surface area (Å²) in [6.45, 7) is 7.18. The molecule has 0 aromatic carbocycles. The molecule has 1 saturated heterocycles. The molecular weight excluding hydrogens is 218 g/mol. The summed E-state index contributed by atoms with van der Waals surface area (Å²) in [5.41, 5.74) is 0. The number of unbranched alkanes of at least 4 members (excludes halogenated alkanes) is 5. The summed E-state index contributed by atoms with van der Waals surface area (Å²) in [5.74, 6) is 2.00. The molecule has 1 fully saturated rings. The van der Waals surface area contributed by atoms with Gasteiger partial charge in [0, 0.05) is 0 Å². The van der Waals surface area contributed by atoms with Gasteiger partial charge in [0.25, 0.3) is 0 Å². The second kappa shape index (κ2) is 10.8. The molecule has 0 saturated carbocycles. The molecule has 1 N–H and O–H groups in total. The molecular formula is C17H35N. The third-order valence-corrected chi connectivity index (χ3v) is 4.61. The van der Waals surface area contributed by atoms with E-state index in [-0.39, 0.29) is 0 Å². The number of hydrogen-bond acceptors (Lipinski definition) is 1. The molecule has 1 nitrogen and oxygen atoms in total. The van der Waals surface area contributed by atoms with Crippen molar-refractivity contribution in [3.63, 3.8) is 0 Å². The first-order valence-electron chi connectivity index (χ1n) is 8.59. The summed E-state index contributed by atoms with van der Waals surface area (Å²) in [4.78, 5) is 0. The minimum atomic E-state index is 0.984. The van der Waals surface area contributed by atoms with Gasteiger partial charge in [-0.3, -0.25) is 0 Å². The fraction of sp³-hybridized carbons (Fsp3) is 1.00. The van der Waals surface area contributed by atoms with Gasteiger partial charge in [0.05, 0.1) is 0 Å². The Bertz CT molecular complexity index is 172. The Hall–Kier alpha value is -0.0400. The van der Waals surface area contributed by atoms with E-state index in [1.807, 2.05) is 0 Å². The van der Waals surface area contributed by atoms with E-state index in [1.165, 1.54) is 83.7 Å². The third-order valence-electron chi connectivity index (χ3n) is 4.61. The Morgan fingerprint density at radius 2 is 1.61 bits per heavy atom. The maximum Gasteiger partial charge on any atom is -0.00179 e. The molecule has 0 spiro atoms. The van der Waals surface area contributed by atoms with E-state index in [2.05, 4.69) is 19.2 Å². The van der Waals surface area contributed by atoms with Crippen molar-refractivity contribution in [2.45, 2.75) is 84.5 Å². The third kappa shape index (κ3) is 6.78. The molecule has 0 amide bonds. The van der Waals surface area contributed by atoms with Crippen molar-refractivity contribution in [2.24, 2.45) is 11.8 Å². The van der Waals surface area contributed by atoms with Gasteiger partial charge in [0.15, 0.2) is 0 Å². The summed E-state index contributed by atoms with van der Waals surface area (Å²) in [6.07, 6.45) is 15.9. The van der Waals surface area contributed by atoms with Crippen molar-refractivity contribution in [3.05, 3.63) is 0 Å². The lowest BCUT2D eigenvalue weighted by molar-refractivity contribution is 0.228. The molecule has 18 heavy (non-hydrogen) atoms. The van der Waals surface area contributed by atoms with Crippen LogP contribution in [0.1, 0.15) is 84.5 Å². The van der Waals surface area contributed by atoms with Crippen molar-refractivity contribution in [2.75, 3.05) is 13.1 Å². The highest BCUT2D eigenvalue weighted by Gasteiger charge is 2.22. The first-order valence-corrected chi connectivity index (χ1v) is 8.59. The normalized spacial score (nSPS) is 22.0. The van der Waals surface area contributed by atoms with Gasteiger partial charge in [-0.1, -0.05) is 71.6 Å². The zero-order chi connectivity index (χ0) is 13.1. The van der Waals surface area contributed by atoms with Gasteiger partial charge in [-0.25, -0.2) is 0 Å². The van der Waals surface area contributed by atoms with Crippen molar-refractivity contribution < 1.29 is 0 Å². The van der Waals surface area contributed by atoms with E-state index in [4.69, 9.17) is 0 Å². The van der Waals surface area contributed by atoms with Crippen LogP contribution in [-0.2, 0) is 0 Å². The quantitative estimate of drug-likeness (QED) is 0.531. The van der Waals surface area contributed by atoms with E-state index in [9.17, 15) is 0 Å². The molecule has 1 aliphatic rings. The van der Waals surface area contributed by atoms with Crippen LogP contribution in [0.4, 0.5) is 0 Å². The zero-order valence-electron chi connectivity index (χ0n) is 12.8. The van der Waals surface area contributed by atoms with Crippen molar-refractivity contribution in [3.8, 4) is 0 Å². The van der Waals surface area contributed by atoms with Crippen LogP contribution in [0.15, 0.2) is 0 Å². The lowest BCUT2D eigenvalue weighted by Crippen LogP contribution is -2.34. The average Bonchev–Trinajstić information content (AvgIpc) is 2.42. The van der Waals surface area contributed by atoms with E-state index >= 15 is 0 Å². The molecule has 1 rings (SSSR count). The van der Waals surface area contributed by atoms with Gasteiger partial charge in [-0.2, -0.15) is 0 Å². The Morgan fingerprint density at radius 3 is 2.22 bits per heavy atom. The highest BCUT2D eigenvalue weighted by Crippen LogP contribution is 2.29. The van der Waals surface area contributed by atoms with Crippen molar-refractivity contribution in [1.82, 2.24) is 5.32 Å². The van der Waals surface area contributed by atoms with Gasteiger partial charge >= 0.3 is 0 Å². The minimum Gasteiger partial charge on any atom is -0.316 e. The molecule has 0 aliphatic carbocycles. The first-order chi connectivity index (χ1) is 8.88. The molecule has 1 heterocycles. The average molecular weight is 253 g/mol. The maximum absolute atomic E-state index is 3.61. The van der Waals surface area contributed by atoms with Gasteiger partial charge in [-0.05, 0) is 37.8 Å². The molecule has 1 aliphatic heterocycles. The highest BCUT2D eigenvalue weighted by molar-refractivity contribution is 4.76. The molecule has 0 aromatic heterocycles. The van der Waals surface area contributed by atoms with Crippen LogP contribution in [0.3, 0.4) is 0 Å². The first kappa shape index (κ1) is 16.0. The Labute approximate surface area is 115 Å². The summed E-state index contributed by atoms with van der Waals surface area (Å²) in [6, 6.07) is 0. The van der Waals surface area contributed by atoms with Crippen molar-refractivity contribution >= 4 is 0 Å². The van der Waals surface area contributed by atoms with Crippen LogP contribution in [0.5, 0.6) is 0 Å². The number of hydrogen-bond donors (Lipinski definition) is 1. The van der Waals surface area contributed by atoms with Crippen LogP contribution in [0.2, 0.25) is 0 Å². The highest BCUT2D eigenvalue weighted by atomic mass is 14.9. The summed E-state index contributed by atoms with van der Waals surface area (Å²) < 4.78 is 0. The van der Waals surface area contributed by atoms with Gasteiger partial charge < -0.3 is 5.32 Å². The van der Waals surface area contributed by atoms with Crippen LogP contribution < -0.4 is 5.32 Å². The molecule has 0 aromatic rings. The van der Waals surface area contributed by atoms with Crippen LogP contribution in [0.25, 0.3) is 0 Å². The topological polar surface area (TPSA) is 12.0 Å². The Kier molecular flexibility index (Phi) is 9.65. The molecule has 2 atom stereocenters. The second-order valence-corrected chi connectivity index (χ2v) is 6.21. The summed E-state index contributed by atoms with van der Waals surface area (Å²) in [7, 11) is 0. The fourth-order valence-electron chi connectivity index (χ4n) is 3.39. The van der Waals surface area contributed by atoms with Crippen LogP contribution >= 0.6 is 0 Å². The number of rotatable bonds is 10. The fourth-order valence-corrected chi connectivity index (χ4v) is 3.39. The predicted molar refractivity (Wildman–Crippen MR) is 82.0 cm³/mol. The van der Waals surface area contributed by atoms with E-state index in [0.717, 1.165) is 11.8 Å². The number of nitrogens with one attached hydrogen (secondary N) is 1. The molecule has 0 bridgehead atoms. The van der Waals surface area contributed by atoms with E-state index in [1.54, 1.807) is 0 Å². The Morgan fingerprint density at radius 1 is 0.944 bits per heavy atom. The molecule has 1 heteroatoms. The van der Waals surface area contributed by atoms with Gasteiger partial charge in [-0.15, -0.1) is 0 Å².